The molecule has 1 aliphatic rings. The monoisotopic (exact) mass is 323 g/mol. The van der Waals surface area contributed by atoms with E-state index in [1.165, 1.54) is 4.31 Å². The van der Waals surface area contributed by atoms with Crippen LogP contribution < -0.4 is 5.73 Å². The average molecular weight is 324 g/mol. The predicted molar refractivity (Wildman–Crippen MR) is 78.4 cm³/mol. The van der Waals surface area contributed by atoms with Crippen LogP contribution in [0.15, 0.2) is 9.42 Å². The van der Waals surface area contributed by atoms with E-state index in [-0.39, 0.29) is 23.3 Å². The summed E-state index contributed by atoms with van der Waals surface area (Å²) in [5.41, 5.74) is 6.15. The maximum absolute atomic E-state index is 12.7. The number of aromatic nitrogens is 1. The summed E-state index contributed by atoms with van der Waals surface area (Å²) in [6.07, 6.45) is 1.66. The van der Waals surface area contributed by atoms with E-state index in [1.54, 1.807) is 13.8 Å². The first-order valence-corrected chi connectivity index (χ1v) is 7.96. The molecule has 0 aromatic carbocycles. The van der Waals surface area contributed by atoms with Crippen LogP contribution in [0.5, 0.6) is 0 Å². The summed E-state index contributed by atoms with van der Waals surface area (Å²) in [6, 6.07) is -0.137. The number of hydrogen-bond donors (Lipinski definition) is 1. The van der Waals surface area contributed by atoms with Crippen LogP contribution >= 0.6 is 12.4 Å². The first-order valence-electron chi connectivity index (χ1n) is 6.52. The van der Waals surface area contributed by atoms with Crippen molar-refractivity contribution in [2.45, 2.75) is 44.6 Å². The Morgan fingerprint density at radius 3 is 2.60 bits per heavy atom. The summed E-state index contributed by atoms with van der Waals surface area (Å²) in [7, 11) is -3.57. The number of piperidine rings is 1. The van der Waals surface area contributed by atoms with Gasteiger partial charge in [-0.15, -0.1) is 12.4 Å². The van der Waals surface area contributed by atoms with E-state index in [4.69, 9.17) is 10.3 Å². The van der Waals surface area contributed by atoms with Gasteiger partial charge < -0.3 is 10.3 Å². The molecule has 0 radical (unpaired) electrons. The van der Waals surface area contributed by atoms with Gasteiger partial charge in [0, 0.05) is 19.1 Å². The molecule has 1 saturated heterocycles. The van der Waals surface area contributed by atoms with Crippen LogP contribution in [0.3, 0.4) is 0 Å². The minimum absolute atomic E-state index is 0. The van der Waals surface area contributed by atoms with Gasteiger partial charge in [0.15, 0.2) is 5.76 Å². The van der Waals surface area contributed by atoms with Crippen LogP contribution in [0, 0.1) is 19.8 Å². The summed E-state index contributed by atoms with van der Waals surface area (Å²) in [6.45, 7) is 6.25. The third kappa shape index (κ3) is 3.00. The molecule has 2 N–H and O–H groups in total. The molecule has 6 nitrogen and oxygen atoms in total. The smallest absolute Gasteiger partial charge is 0.248 e. The fourth-order valence-electron chi connectivity index (χ4n) is 2.72. The summed E-state index contributed by atoms with van der Waals surface area (Å²) in [5.74, 6) is 0.844. The average Bonchev–Trinajstić information content (AvgIpc) is 2.68. The van der Waals surface area contributed by atoms with Crippen LogP contribution in [-0.2, 0) is 10.0 Å². The Kier molecular flexibility index (Phi) is 5.60. The van der Waals surface area contributed by atoms with Crippen molar-refractivity contribution in [3.8, 4) is 0 Å². The second kappa shape index (κ2) is 6.43. The minimum atomic E-state index is -3.57. The Labute approximate surface area is 126 Å². The fraction of sp³-hybridized carbons (Fsp3) is 0.750. The minimum Gasteiger partial charge on any atom is -0.360 e. The van der Waals surface area contributed by atoms with Crippen LogP contribution in [0.4, 0.5) is 0 Å². The zero-order valence-electron chi connectivity index (χ0n) is 12.0. The lowest BCUT2D eigenvalue weighted by molar-refractivity contribution is 0.211. The number of aryl methyl sites for hydroxylation is 2. The highest BCUT2D eigenvalue weighted by atomic mass is 35.5. The van der Waals surface area contributed by atoms with Crippen molar-refractivity contribution in [1.82, 2.24) is 9.46 Å². The first-order chi connectivity index (χ1) is 8.87. The largest absolute Gasteiger partial charge is 0.360 e. The summed E-state index contributed by atoms with van der Waals surface area (Å²) >= 11 is 0. The van der Waals surface area contributed by atoms with Crippen molar-refractivity contribution in [3.63, 3.8) is 0 Å². The quantitative estimate of drug-likeness (QED) is 0.909. The Balaban J connectivity index is 0.00000200. The molecule has 1 aliphatic heterocycles. The van der Waals surface area contributed by atoms with Gasteiger partial charge in [-0.05, 0) is 32.6 Å². The molecule has 1 aromatic heterocycles. The second-order valence-electron chi connectivity index (χ2n) is 5.29. The Morgan fingerprint density at radius 2 is 2.10 bits per heavy atom. The van der Waals surface area contributed by atoms with E-state index < -0.39 is 10.0 Å². The molecule has 2 atom stereocenters. The van der Waals surface area contributed by atoms with Gasteiger partial charge in [0.05, 0.1) is 0 Å². The highest BCUT2D eigenvalue weighted by Crippen LogP contribution is 2.30. The zero-order valence-corrected chi connectivity index (χ0v) is 13.6. The maximum atomic E-state index is 12.7. The first kappa shape index (κ1) is 17.4. The normalized spacial score (nSPS) is 24.4. The molecule has 116 valence electrons. The molecule has 20 heavy (non-hydrogen) atoms. The van der Waals surface area contributed by atoms with Gasteiger partial charge in [-0.1, -0.05) is 12.1 Å². The second-order valence-corrected chi connectivity index (χ2v) is 7.12. The van der Waals surface area contributed by atoms with E-state index in [0.717, 1.165) is 12.8 Å². The fourth-order valence-corrected chi connectivity index (χ4v) is 4.68. The van der Waals surface area contributed by atoms with Gasteiger partial charge >= 0.3 is 0 Å². The van der Waals surface area contributed by atoms with E-state index in [2.05, 4.69) is 12.1 Å². The van der Waals surface area contributed by atoms with Crippen molar-refractivity contribution in [3.05, 3.63) is 11.5 Å². The van der Waals surface area contributed by atoms with Crippen molar-refractivity contribution in [2.75, 3.05) is 13.1 Å². The topological polar surface area (TPSA) is 89.4 Å². The molecule has 0 aliphatic carbocycles. The molecular formula is C12H22ClN3O3S. The van der Waals surface area contributed by atoms with Crippen molar-refractivity contribution in [1.29, 1.82) is 0 Å². The van der Waals surface area contributed by atoms with E-state index in [1.807, 2.05) is 0 Å². The van der Waals surface area contributed by atoms with Gasteiger partial charge in [0.1, 0.15) is 10.6 Å². The highest BCUT2D eigenvalue weighted by Gasteiger charge is 2.38. The summed E-state index contributed by atoms with van der Waals surface area (Å²) in [4.78, 5) is 0.195. The summed E-state index contributed by atoms with van der Waals surface area (Å²) < 4.78 is 32.0. The highest BCUT2D eigenvalue weighted by molar-refractivity contribution is 7.89. The number of nitrogens with zero attached hydrogens (tertiary/aromatic N) is 2. The van der Waals surface area contributed by atoms with E-state index in [9.17, 15) is 8.42 Å². The molecule has 0 bridgehead atoms. The third-order valence-corrected chi connectivity index (χ3v) is 5.93. The Bertz CT molecular complexity index is 539. The van der Waals surface area contributed by atoms with E-state index >= 15 is 0 Å². The number of sulfonamides is 1. The van der Waals surface area contributed by atoms with Crippen LogP contribution in [0.2, 0.25) is 0 Å². The molecule has 0 amide bonds. The van der Waals surface area contributed by atoms with Crippen molar-refractivity contribution in [2.24, 2.45) is 11.7 Å². The van der Waals surface area contributed by atoms with Crippen LogP contribution in [0.25, 0.3) is 0 Å². The Hall–Kier alpha value is -0.630. The molecule has 2 unspecified atom stereocenters. The van der Waals surface area contributed by atoms with Crippen LogP contribution in [-0.4, -0.2) is 37.0 Å². The molecule has 2 heterocycles. The Morgan fingerprint density at radius 1 is 1.45 bits per heavy atom. The molecule has 1 fully saturated rings. The van der Waals surface area contributed by atoms with Gasteiger partial charge in [-0.2, -0.15) is 4.31 Å². The lowest BCUT2D eigenvalue weighted by Gasteiger charge is -2.36. The molecule has 8 heteroatoms. The van der Waals surface area contributed by atoms with E-state index in [0.29, 0.717) is 30.5 Å². The lowest BCUT2D eigenvalue weighted by atomic mass is 9.94. The van der Waals surface area contributed by atoms with Crippen molar-refractivity contribution < 1.29 is 12.9 Å². The lowest BCUT2D eigenvalue weighted by Crippen LogP contribution is -2.49. The maximum Gasteiger partial charge on any atom is 0.248 e. The van der Waals surface area contributed by atoms with Crippen LogP contribution in [0.1, 0.15) is 31.2 Å². The number of rotatable bonds is 3. The summed E-state index contributed by atoms with van der Waals surface area (Å²) in [5, 5.41) is 3.73. The molecular weight excluding hydrogens is 302 g/mol. The number of nitrogens with two attached hydrogens (primary N) is 1. The number of halogens is 1. The molecule has 1 aromatic rings. The van der Waals surface area contributed by atoms with Gasteiger partial charge in [0.25, 0.3) is 0 Å². The molecule has 0 spiro atoms. The van der Waals surface area contributed by atoms with Crippen molar-refractivity contribution >= 4 is 22.4 Å². The molecule has 0 saturated carbocycles. The standard InChI is InChI=1S/C12H21N3O3S.ClH/c1-8-4-5-15(11(6-8)7-13)19(16,17)12-9(2)14-18-10(12)3;/h8,11H,4-7,13H2,1-3H3;1H. The number of hydrogen-bond acceptors (Lipinski definition) is 5. The SMILES string of the molecule is Cc1noc(C)c1S(=O)(=O)N1CCC(C)CC1CN.Cl. The third-order valence-electron chi connectivity index (χ3n) is 3.73. The van der Waals surface area contributed by atoms with Gasteiger partial charge in [-0.25, -0.2) is 8.42 Å². The zero-order chi connectivity index (χ0) is 14.2. The van der Waals surface area contributed by atoms with Gasteiger partial charge in [-0.3, -0.25) is 0 Å². The van der Waals surface area contributed by atoms with Gasteiger partial charge in [0.2, 0.25) is 10.0 Å². The molecule has 2 rings (SSSR count). The predicted octanol–water partition coefficient (Wildman–Crippen LogP) is 1.46.